The second-order valence-electron chi connectivity index (χ2n) is 7.47. The first-order valence-electron chi connectivity index (χ1n) is 9.82. The number of ether oxygens (including phenoxy) is 2. The van der Waals surface area contributed by atoms with Crippen LogP contribution in [0.3, 0.4) is 0 Å². The summed E-state index contributed by atoms with van der Waals surface area (Å²) in [5.41, 5.74) is 1.75. The molecule has 0 unspecified atom stereocenters. The molecule has 1 heterocycles. The topological polar surface area (TPSA) is 39.7 Å². The molecule has 1 aliphatic carbocycles. The van der Waals surface area contributed by atoms with Crippen LogP contribution in [-0.2, 0) is 10.3 Å². The standard InChI is InChI=1S/C22H27BNO3/c1-25-19-12-8-17(9-13-19)22(18-10-14-20(26-2)15-11-18)21(24-23-27-22)16-6-4-3-5-7-16/h8-16,21,24H,3-7H2,1-2H3/t21-/m1/s1. The molecule has 141 valence electrons. The van der Waals surface area contributed by atoms with Gasteiger partial charge in [-0.1, -0.05) is 43.5 Å². The Morgan fingerprint density at radius 3 is 1.85 bits per heavy atom. The summed E-state index contributed by atoms with van der Waals surface area (Å²) in [6.45, 7) is 0. The third-order valence-corrected chi connectivity index (χ3v) is 6.09. The van der Waals surface area contributed by atoms with Gasteiger partial charge in [0.05, 0.1) is 14.2 Å². The van der Waals surface area contributed by atoms with Gasteiger partial charge in [0.25, 0.3) is 0 Å². The Labute approximate surface area is 162 Å². The smallest absolute Gasteiger partial charge is 0.397 e. The average molecular weight is 364 g/mol. The minimum atomic E-state index is -0.541. The summed E-state index contributed by atoms with van der Waals surface area (Å²) >= 11 is 0. The molecule has 1 N–H and O–H groups in total. The molecular weight excluding hydrogens is 337 g/mol. The van der Waals surface area contributed by atoms with E-state index in [4.69, 9.17) is 14.1 Å². The van der Waals surface area contributed by atoms with Crippen LogP contribution in [0.4, 0.5) is 0 Å². The van der Waals surface area contributed by atoms with Gasteiger partial charge in [-0.3, -0.25) is 0 Å². The number of methoxy groups -OCH3 is 2. The molecule has 4 rings (SSSR count). The Kier molecular flexibility index (Phi) is 5.42. The van der Waals surface area contributed by atoms with E-state index in [1.165, 1.54) is 32.1 Å². The maximum absolute atomic E-state index is 6.41. The Hall–Kier alpha value is -1.98. The second kappa shape index (κ2) is 7.95. The first kappa shape index (κ1) is 18.4. The summed E-state index contributed by atoms with van der Waals surface area (Å²) in [4.78, 5) is 0. The first-order chi connectivity index (χ1) is 13.3. The van der Waals surface area contributed by atoms with E-state index >= 15 is 0 Å². The number of hydrogen-bond acceptors (Lipinski definition) is 4. The Balaban J connectivity index is 1.79. The van der Waals surface area contributed by atoms with Gasteiger partial charge in [-0.2, -0.15) is 0 Å². The quantitative estimate of drug-likeness (QED) is 0.813. The van der Waals surface area contributed by atoms with Gasteiger partial charge in [-0.15, -0.1) is 0 Å². The molecule has 2 aliphatic rings. The van der Waals surface area contributed by atoms with Crippen molar-refractivity contribution in [2.24, 2.45) is 5.92 Å². The zero-order valence-electron chi connectivity index (χ0n) is 16.1. The summed E-state index contributed by atoms with van der Waals surface area (Å²) in [6.07, 6.45) is 6.41. The highest BCUT2D eigenvalue weighted by atomic mass is 16.5. The first-order valence-corrected chi connectivity index (χ1v) is 9.82. The van der Waals surface area contributed by atoms with Crippen molar-refractivity contribution < 1.29 is 14.1 Å². The van der Waals surface area contributed by atoms with E-state index in [1.807, 2.05) is 24.3 Å². The largest absolute Gasteiger partial charge is 0.497 e. The maximum atomic E-state index is 6.41. The molecule has 1 radical (unpaired) electrons. The fourth-order valence-electron chi connectivity index (χ4n) is 4.67. The lowest BCUT2D eigenvalue weighted by Gasteiger charge is -2.41. The molecule has 2 aromatic carbocycles. The van der Waals surface area contributed by atoms with Crippen molar-refractivity contribution in [3.05, 3.63) is 59.7 Å². The van der Waals surface area contributed by atoms with Crippen molar-refractivity contribution in [2.75, 3.05) is 14.2 Å². The van der Waals surface area contributed by atoms with Gasteiger partial charge >= 0.3 is 7.62 Å². The van der Waals surface area contributed by atoms with Crippen molar-refractivity contribution in [3.63, 3.8) is 0 Å². The van der Waals surface area contributed by atoms with E-state index in [-0.39, 0.29) is 6.04 Å². The number of rotatable bonds is 5. The highest BCUT2D eigenvalue weighted by molar-refractivity contribution is 6.25. The molecule has 2 fully saturated rings. The van der Waals surface area contributed by atoms with Crippen LogP contribution in [0.15, 0.2) is 48.5 Å². The predicted octanol–water partition coefficient (Wildman–Crippen LogP) is 4.05. The van der Waals surface area contributed by atoms with E-state index < -0.39 is 5.60 Å². The third-order valence-electron chi connectivity index (χ3n) is 6.09. The number of benzene rings is 2. The minimum absolute atomic E-state index is 0.208. The van der Waals surface area contributed by atoms with E-state index in [0.717, 1.165) is 22.6 Å². The van der Waals surface area contributed by atoms with E-state index in [9.17, 15) is 0 Å². The van der Waals surface area contributed by atoms with Crippen molar-refractivity contribution in [3.8, 4) is 11.5 Å². The fraction of sp³-hybridized carbons (Fsp3) is 0.455. The lowest BCUT2D eigenvalue weighted by molar-refractivity contribution is 0.0803. The van der Waals surface area contributed by atoms with Crippen molar-refractivity contribution in [1.82, 2.24) is 5.23 Å². The zero-order chi connectivity index (χ0) is 18.7. The van der Waals surface area contributed by atoms with Crippen LogP contribution in [0.1, 0.15) is 43.2 Å². The molecule has 1 aliphatic heterocycles. The molecule has 0 bridgehead atoms. The Bertz CT molecular complexity index is 694. The maximum Gasteiger partial charge on any atom is 0.397 e. The van der Waals surface area contributed by atoms with Gasteiger partial charge in [-0.05, 0) is 54.2 Å². The van der Waals surface area contributed by atoms with Gasteiger partial charge in [-0.25, -0.2) is 0 Å². The van der Waals surface area contributed by atoms with Gasteiger partial charge in [0, 0.05) is 6.04 Å². The van der Waals surface area contributed by atoms with Crippen LogP contribution in [0.25, 0.3) is 0 Å². The van der Waals surface area contributed by atoms with Crippen LogP contribution in [0.2, 0.25) is 0 Å². The summed E-state index contributed by atoms with van der Waals surface area (Å²) < 4.78 is 17.1. The molecule has 1 saturated carbocycles. The molecule has 1 atom stereocenters. The SMILES string of the molecule is COc1ccc(C2(c3ccc(OC)cc3)O[B]N[C@@H]2C2CCCCC2)cc1. The van der Waals surface area contributed by atoms with E-state index in [1.54, 1.807) is 21.8 Å². The van der Waals surface area contributed by atoms with Crippen LogP contribution in [-0.4, -0.2) is 27.9 Å². The van der Waals surface area contributed by atoms with Crippen molar-refractivity contribution in [1.29, 1.82) is 0 Å². The average Bonchev–Trinajstić information content (AvgIpc) is 3.20. The normalized spacial score (nSPS) is 22.2. The summed E-state index contributed by atoms with van der Waals surface area (Å²) in [6, 6.07) is 16.8. The lowest BCUT2D eigenvalue weighted by Crippen LogP contribution is -2.47. The van der Waals surface area contributed by atoms with Crippen LogP contribution in [0, 0.1) is 5.92 Å². The van der Waals surface area contributed by atoms with Gasteiger partial charge < -0.3 is 19.4 Å². The lowest BCUT2D eigenvalue weighted by atomic mass is 9.71. The number of hydrogen-bond donors (Lipinski definition) is 1. The van der Waals surface area contributed by atoms with Gasteiger partial charge in [0.15, 0.2) is 0 Å². The highest BCUT2D eigenvalue weighted by Crippen LogP contribution is 2.45. The molecule has 2 aromatic rings. The molecule has 4 nitrogen and oxygen atoms in total. The number of nitrogens with one attached hydrogen (secondary N) is 1. The monoisotopic (exact) mass is 364 g/mol. The predicted molar refractivity (Wildman–Crippen MR) is 107 cm³/mol. The van der Waals surface area contributed by atoms with Gasteiger partial charge in [0.2, 0.25) is 0 Å². The molecule has 5 heteroatoms. The van der Waals surface area contributed by atoms with Crippen molar-refractivity contribution >= 4 is 7.62 Å². The molecule has 0 aromatic heterocycles. The van der Waals surface area contributed by atoms with Crippen LogP contribution in [0.5, 0.6) is 11.5 Å². The summed E-state index contributed by atoms with van der Waals surface area (Å²) in [7, 11) is 5.18. The summed E-state index contributed by atoms with van der Waals surface area (Å²) in [5, 5.41) is 3.56. The zero-order valence-corrected chi connectivity index (χ0v) is 16.1. The van der Waals surface area contributed by atoms with Crippen LogP contribution >= 0.6 is 0 Å². The third kappa shape index (κ3) is 3.35. The van der Waals surface area contributed by atoms with Crippen LogP contribution < -0.4 is 14.7 Å². The molecule has 1 saturated heterocycles. The molecule has 0 amide bonds. The Morgan fingerprint density at radius 1 is 0.852 bits per heavy atom. The van der Waals surface area contributed by atoms with Crippen molar-refractivity contribution in [2.45, 2.75) is 43.7 Å². The molecule has 0 spiro atoms. The fourth-order valence-corrected chi connectivity index (χ4v) is 4.67. The highest BCUT2D eigenvalue weighted by Gasteiger charge is 2.50. The van der Waals surface area contributed by atoms with E-state index in [2.05, 4.69) is 29.5 Å². The minimum Gasteiger partial charge on any atom is -0.497 e. The molecule has 27 heavy (non-hydrogen) atoms. The van der Waals surface area contributed by atoms with E-state index in [0.29, 0.717) is 5.92 Å². The summed E-state index contributed by atoms with van der Waals surface area (Å²) in [5.74, 6) is 2.29. The Morgan fingerprint density at radius 2 is 1.37 bits per heavy atom. The second-order valence-corrected chi connectivity index (χ2v) is 7.47. The molecular formula is C22H27BNO3. The van der Waals surface area contributed by atoms with Gasteiger partial charge in [0.1, 0.15) is 17.1 Å².